The lowest BCUT2D eigenvalue weighted by Gasteiger charge is -2.17. The Labute approximate surface area is 184 Å². The molecular weight excluding hydrogens is 414 g/mol. The quantitative estimate of drug-likeness (QED) is 0.226. The largest absolute Gasteiger partial charge is 0.443 e. The molecule has 2 aromatic heterocycles. The predicted molar refractivity (Wildman–Crippen MR) is 117 cm³/mol. The number of nitrogens with one attached hydrogen (secondary N) is 2. The van der Waals surface area contributed by atoms with Gasteiger partial charge in [0, 0.05) is 20.1 Å². The van der Waals surface area contributed by atoms with Gasteiger partial charge in [0.05, 0.1) is 29.0 Å². The number of aliphatic imine (C=N–C) groups is 1. The van der Waals surface area contributed by atoms with Gasteiger partial charge in [-0.25, -0.2) is 4.98 Å². The highest BCUT2D eigenvalue weighted by atomic mass is 32.1. The third-order valence-corrected chi connectivity index (χ3v) is 7.21. The zero-order valence-electron chi connectivity index (χ0n) is 17.3. The van der Waals surface area contributed by atoms with Crippen LogP contribution in [0.1, 0.15) is 18.5 Å². The maximum Gasteiger partial charge on any atom is 0.236 e. The van der Waals surface area contributed by atoms with Gasteiger partial charge in [-0.2, -0.15) is 0 Å². The highest BCUT2D eigenvalue weighted by Gasteiger charge is 2.58. The number of oxazole rings is 1. The van der Waals surface area contributed by atoms with Crippen molar-refractivity contribution >= 4 is 29.1 Å². The highest BCUT2D eigenvalue weighted by Crippen LogP contribution is 2.52. The molecule has 3 heterocycles. The van der Waals surface area contributed by atoms with Crippen LogP contribution in [0.15, 0.2) is 45.3 Å². The third kappa shape index (κ3) is 3.67. The molecule has 2 bridgehead atoms. The minimum absolute atomic E-state index is 0.0157. The van der Waals surface area contributed by atoms with Crippen molar-refractivity contribution < 1.29 is 14.0 Å². The van der Waals surface area contributed by atoms with Crippen LogP contribution >= 0.6 is 11.3 Å². The summed E-state index contributed by atoms with van der Waals surface area (Å²) in [5, 5.41) is 8.42. The molecule has 8 nitrogen and oxygen atoms in total. The molecule has 4 unspecified atom stereocenters. The van der Waals surface area contributed by atoms with Gasteiger partial charge in [-0.15, -0.1) is 11.3 Å². The molecule has 0 aromatic carbocycles. The van der Waals surface area contributed by atoms with Gasteiger partial charge in [0.1, 0.15) is 6.26 Å². The first-order chi connectivity index (χ1) is 15.2. The zero-order chi connectivity index (χ0) is 21.4. The Bertz CT molecular complexity index is 998. The number of imide groups is 1. The highest BCUT2D eigenvalue weighted by molar-refractivity contribution is 7.13. The molecular formula is C22H25N5O3S. The Morgan fingerprint density at radius 2 is 2.03 bits per heavy atom. The van der Waals surface area contributed by atoms with Crippen LogP contribution in [0, 0.1) is 23.7 Å². The molecule has 162 valence electrons. The second kappa shape index (κ2) is 8.30. The van der Waals surface area contributed by atoms with Crippen molar-refractivity contribution in [1.82, 2.24) is 20.5 Å². The van der Waals surface area contributed by atoms with Gasteiger partial charge in [-0.3, -0.25) is 19.5 Å². The summed E-state index contributed by atoms with van der Waals surface area (Å²) < 4.78 is 5.53. The number of likely N-dealkylation sites (tertiary alicyclic amines) is 1. The number of thiophene rings is 1. The maximum absolute atomic E-state index is 12.7. The van der Waals surface area contributed by atoms with Crippen LogP contribution in [0.25, 0.3) is 10.8 Å². The number of carbonyl (C=O) groups excluding carboxylic acids is 2. The van der Waals surface area contributed by atoms with Crippen molar-refractivity contribution in [3.8, 4) is 10.8 Å². The summed E-state index contributed by atoms with van der Waals surface area (Å²) in [4.78, 5) is 36.6. The lowest BCUT2D eigenvalue weighted by atomic mass is 9.85. The number of fused-ring (bicyclic) bond motifs is 5. The van der Waals surface area contributed by atoms with Crippen molar-refractivity contribution in [1.29, 1.82) is 0 Å². The van der Waals surface area contributed by atoms with Crippen LogP contribution in [0.2, 0.25) is 0 Å². The van der Waals surface area contributed by atoms with Crippen molar-refractivity contribution in [3.63, 3.8) is 0 Å². The zero-order valence-corrected chi connectivity index (χ0v) is 18.1. The standard InChI is InChI=1S/C22H25N5O3S/c1-23-22(25-11-15-12-30-19(26-15)16-4-2-9-31-16)24-7-3-8-27-20(28)17-13-5-6-14(10-13)18(17)21(27)29/h2,4-6,9,12-14,17-18H,3,7-8,10-11H2,1H3,(H2,23,24,25). The number of rotatable bonds is 7. The van der Waals surface area contributed by atoms with E-state index in [9.17, 15) is 9.59 Å². The van der Waals surface area contributed by atoms with Gasteiger partial charge in [-0.05, 0) is 36.1 Å². The van der Waals surface area contributed by atoms with Gasteiger partial charge in [-0.1, -0.05) is 18.2 Å². The predicted octanol–water partition coefficient (Wildman–Crippen LogP) is 2.27. The maximum atomic E-state index is 12.7. The van der Waals surface area contributed by atoms with Crippen LogP contribution in [0.5, 0.6) is 0 Å². The van der Waals surface area contributed by atoms with Crippen LogP contribution < -0.4 is 10.6 Å². The average Bonchev–Trinajstić information content (AvgIpc) is 3.59. The molecule has 9 heteroatoms. The summed E-state index contributed by atoms with van der Waals surface area (Å²) in [6.45, 7) is 1.54. The van der Waals surface area contributed by atoms with E-state index in [1.807, 2.05) is 17.5 Å². The Kier molecular flexibility index (Phi) is 5.35. The molecule has 1 saturated carbocycles. The third-order valence-electron chi connectivity index (χ3n) is 6.36. The van der Waals surface area contributed by atoms with Crippen LogP contribution in [-0.2, 0) is 16.1 Å². The van der Waals surface area contributed by atoms with E-state index in [1.54, 1.807) is 24.6 Å². The minimum atomic E-state index is -0.119. The Morgan fingerprint density at radius 1 is 1.26 bits per heavy atom. The Morgan fingerprint density at radius 3 is 2.71 bits per heavy atom. The fraction of sp³-hybridized carbons (Fsp3) is 0.455. The van der Waals surface area contributed by atoms with Crippen molar-refractivity contribution in [3.05, 3.63) is 41.6 Å². The molecule has 31 heavy (non-hydrogen) atoms. The molecule has 1 saturated heterocycles. The second-order valence-electron chi connectivity index (χ2n) is 8.16. The SMILES string of the molecule is CN=C(NCCCN1C(=O)C2C3C=CC(C3)C2C1=O)NCc1coc(-c2cccs2)n1. The molecule has 2 aliphatic carbocycles. The lowest BCUT2D eigenvalue weighted by Crippen LogP contribution is -2.39. The molecule has 2 amide bonds. The van der Waals surface area contributed by atoms with E-state index in [4.69, 9.17) is 4.42 Å². The van der Waals surface area contributed by atoms with Crippen molar-refractivity contribution in [2.24, 2.45) is 28.7 Å². The van der Waals surface area contributed by atoms with E-state index in [0.717, 1.165) is 17.0 Å². The molecule has 1 aliphatic heterocycles. The van der Waals surface area contributed by atoms with E-state index < -0.39 is 0 Å². The number of allylic oxidation sites excluding steroid dienone is 2. The molecule has 3 aliphatic rings. The van der Waals surface area contributed by atoms with Gasteiger partial charge < -0.3 is 15.1 Å². The molecule has 2 aromatic rings. The summed E-state index contributed by atoms with van der Waals surface area (Å²) >= 11 is 1.58. The summed E-state index contributed by atoms with van der Waals surface area (Å²) in [6, 6.07) is 3.93. The Hall–Kier alpha value is -2.94. The van der Waals surface area contributed by atoms with E-state index in [2.05, 4.69) is 32.8 Å². The van der Waals surface area contributed by atoms with E-state index in [1.165, 1.54) is 4.90 Å². The number of carbonyl (C=O) groups is 2. The summed E-state index contributed by atoms with van der Waals surface area (Å²) in [5.74, 6) is 1.56. The number of guanidine groups is 1. The second-order valence-corrected chi connectivity index (χ2v) is 9.10. The first-order valence-electron chi connectivity index (χ1n) is 10.6. The average molecular weight is 440 g/mol. The van der Waals surface area contributed by atoms with E-state index in [-0.39, 0.29) is 35.5 Å². The normalized spacial score (nSPS) is 26.7. The van der Waals surface area contributed by atoms with Crippen molar-refractivity contribution in [2.75, 3.05) is 20.1 Å². The summed E-state index contributed by atoms with van der Waals surface area (Å²) in [6.07, 6.45) is 7.52. The minimum Gasteiger partial charge on any atom is -0.443 e. The molecule has 2 fully saturated rings. The van der Waals surface area contributed by atoms with E-state index >= 15 is 0 Å². The fourth-order valence-electron chi connectivity index (χ4n) is 4.92. The number of hydrogen-bond acceptors (Lipinski definition) is 6. The van der Waals surface area contributed by atoms with Gasteiger partial charge in [0.15, 0.2) is 5.96 Å². The Balaban J connectivity index is 1.07. The topological polar surface area (TPSA) is 99.8 Å². The summed E-state index contributed by atoms with van der Waals surface area (Å²) in [7, 11) is 1.70. The number of hydrogen-bond donors (Lipinski definition) is 2. The molecule has 4 atom stereocenters. The lowest BCUT2D eigenvalue weighted by molar-refractivity contribution is -0.140. The molecule has 0 spiro atoms. The van der Waals surface area contributed by atoms with Gasteiger partial charge in [0.2, 0.25) is 17.7 Å². The van der Waals surface area contributed by atoms with Crippen LogP contribution in [0.3, 0.4) is 0 Å². The number of nitrogens with zero attached hydrogens (tertiary/aromatic N) is 3. The molecule has 2 N–H and O–H groups in total. The number of aromatic nitrogens is 1. The van der Waals surface area contributed by atoms with Crippen LogP contribution in [0.4, 0.5) is 0 Å². The van der Waals surface area contributed by atoms with Gasteiger partial charge in [0.25, 0.3) is 0 Å². The number of amides is 2. The molecule has 5 rings (SSSR count). The monoisotopic (exact) mass is 439 g/mol. The van der Waals surface area contributed by atoms with Gasteiger partial charge >= 0.3 is 0 Å². The molecule has 0 radical (unpaired) electrons. The smallest absolute Gasteiger partial charge is 0.236 e. The fourth-order valence-corrected chi connectivity index (χ4v) is 5.58. The van der Waals surface area contributed by atoms with Crippen LogP contribution in [-0.4, -0.2) is 47.8 Å². The van der Waals surface area contributed by atoms with E-state index in [0.29, 0.717) is 37.9 Å². The summed E-state index contributed by atoms with van der Waals surface area (Å²) in [5.41, 5.74) is 0.786. The first kappa shape index (κ1) is 20.0. The first-order valence-corrected chi connectivity index (χ1v) is 11.5. The van der Waals surface area contributed by atoms with Crippen molar-refractivity contribution in [2.45, 2.75) is 19.4 Å².